The zero-order valence-electron chi connectivity index (χ0n) is 10.8. The summed E-state index contributed by atoms with van der Waals surface area (Å²) in [4.78, 5) is 4.13. The molecule has 0 bridgehead atoms. The first kappa shape index (κ1) is 13.2. The predicted octanol–water partition coefficient (Wildman–Crippen LogP) is 4.03. The maximum Gasteiger partial charge on any atom is 0.0945 e. The van der Waals surface area contributed by atoms with Crippen molar-refractivity contribution in [1.82, 2.24) is 9.55 Å². The van der Waals surface area contributed by atoms with Crippen LogP contribution in [0.5, 0.6) is 0 Å². The van der Waals surface area contributed by atoms with Crippen LogP contribution in [0.3, 0.4) is 0 Å². The standard InChI is InChI=1S/C15H19ClN2/c1-18-12-17-11-14(18)9-4-2-3-7-13-8-5-6-10-15(13)16/h5-6,8,10-12H,2-4,7,9H2,1H3. The van der Waals surface area contributed by atoms with Gasteiger partial charge in [0.25, 0.3) is 0 Å². The number of benzene rings is 1. The van der Waals surface area contributed by atoms with E-state index in [1.807, 2.05) is 31.7 Å². The Hall–Kier alpha value is -1.28. The molecule has 0 fully saturated rings. The molecule has 0 atom stereocenters. The lowest BCUT2D eigenvalue weighted by molar-refractivity contribution is 0.657. The summed E-state index contributed by atoms with van der Waals surface area (Å²) in [6.07, 6.45) is 9.64. The van der Waals surface area contributed by atoms with E-state index >= 15 is 0 Å². The summed E-state index contributed by atoms with van der Waals surface area (Å²) in [5.41, 5.74) is 2.58. The number of nitrogens with zero attached hydrogens (tertiary/aromatic N) is 2. The number of aryl methyl sites for hydroxylation is 3. The summed E-state index contributed by atoms with van der Waals surface area (Å²) in [6.45, 7) is 0. The molecule has 0 aliphatic heterocycles. The lowest BCUT2D eigenvalue weighted by Gasteiger charge is -2.04. The van der Waals surface area contributed by atoms with Gasteiger partial charge in [-0.05, 0) is 37.3 Å². The fourth-order valence-corrected chi connectivity index (χ4v) is 2.36. The van der Waals surface area contributed by atoms with Crippen LogP contribution in [0.4, 0.5) is 0 Å². The first-order chi connectivity index (χ1) is 8.77. The molecule has 0 aliphatic rings. The number of hydrogen-bond donors (Lipinski definition) is 0. The van der Waals surface area contributed by atoms with Crippen molar-refractivity contribution in [1.29, 1.82) is 0 Å². The fourth-order valence-electron chi connectivity index (χ4n) is 2.12. The minimum atomic E-state index is 0.893. The van der Waals surface area contributed by atoms with E-state index in [0.717, 1.165) is 17.9 Å². The van der Waals surface area contributed by atoms with Crippen molar-refractivity contribution in [3.63, 3.8) is 0 Å². The third-order valence-corrected chi connectivity index (χ3v) is 3.62. The Balaban J connectivity index is 1.68. The summed E-state index contributed by atoms with van der Waals surface area (Å²) >= 11 is 6.13. The van der Waals surface area contributed by atoms with Crippen LogP contribution >= 0.6 is 11.6 Å². The Morgan fingerprint density at radius 3 is 2.61 bits per heavy atom. The third kappa shape index (κ3) is 3.61. The third-order valence-electron chi connectivity index (χ3n) is 3.25. The average Bonchev–Trinajstić information content (AvgIpc) is 2.77. The van der Waals surface area contributed by atoms with Gasteiger partial charge in [-0.3, -0.25) is 0 Å². The normalized spacial score (nSPS) is 10.8. The van der Waals surface area contributed by atoms with Gasteiger partial charge >= 0.3 is 0 Å². The molecule has 0 saturated heterocycles. The van der Waals surface area contributed by atoms with Gasteiger partial charge in [0.2, 0.25) is 0 Å². The van der Waals surface area contributed by atoms with Crippen LogP contribution in [0, 0.1) is 0 Å². The number of unbranched alkanes of at least 4 members (excludes halogenated alkanes) is 2. The lowest BCUT2D eigenvalue weighted by atomic mass is 10.1. The maximum absolute atomic E-state index is 6.13. The summed E-state index contributed by atoms with van der Waals surface area (Å²) in [7, 11) is 2.05. The molecule has 2 nitrogen and oxygen atoms in total. The van der Waals surface area contributed by atoms with Crippen molar-refractivity contribution in [2.24, 2.45) is 7.05 Å². The molecule has 0 unspecified atom stereocenters. The van der Waals surface area contributed by atoms with Crippen molar-refractivity contribution in [2.75, 3.05) is 0 Å². The predicted molar refractivity (Wildman–Crippen MR) is 75.9 cm³/mol. The quantitative estimate of drug-likeness (QED) is 0.719. The molecule has 2 rings (SSSR count). The summed E-state index contributed by atoms with van der Waals surface area (Å²) < 4.78 is 2.09. The van der Waals surface area contributed by atoms with Crippen LogP contribution in [-0.4, -0.2) is 9.55 Å². The molecule has 1 heterocycles. The van der Waals surface area contributed by atoms with Gasteiger partial charge in [0.15, 0.2) is 0 Å². The molecule has 1 aromatic carbocycles. The number of halogens is 1. The van der Waals surface area contributed by atoms with Crippen LogP contribution in [0.15, 0.2) is 36.8 Å². The molecule has 0 saturated carbocycles. The van der Waals surface area contributed by atoms with E-state index in [1.54, 1.807) is 0 Å². The second-order valence-corrected chi connectivity index (χ2v) is 5.06. The van der Waals surface area contributed by atoms with Crippen LogP contribution in [0.1, 0.15) is 30.5 Å². The van der Waals surface area contributed by atoms with Gasteiger partial charge in [-0.1, -0.05) is 36.2 Å². The van der Waals surface area contributed by atoms with Gasteiger partial charge in [0, 0.05) is 24.0 Å². The Morgan fingerprint density at radius 2 is 1.89 bits per heavy atom. The monoisotopic (exact) mass is 262 g/mol. The highest BCUT2D eigenvalue weighted by Crippen LogP contribution is 2.17. The topological polar surface area (TPSA) is 17.8 Å². The first-order valence-corrected chi connectivity index (χ1v) is 6.84. The molecule has 0 N–H and O–H groups in total. The highest BCUT2D eigenvalue weighted by Gasteiger charge is 2.00. The van der Waals surface area contributed by atoms with Gasteiger partial charge < -0.3 is 4.57 Å². The zero-order chi connectivity index (χ0) is 12.8. The molecule has 18 heavy (non-hydrogen) atoms. The molecule has 3 heteroatoms. The fraction of sp³-hybridized carbons (Fsp3) is 0.400. The van der Waals surface area contributed by atoms with E-state index in [4.69, 9.17) is 11.6 Å². The van der Waals surface area contributed by atoms with E-state index in [-0.39, 0.29) is 0 Å². The second kappa shape index (κ2) is 6.60. The number of imidazole rings is 1. The van der Waals surface area contributed by atoms with Gasteiger partial charge in [0.05, 0.1) is 6.33 Å². The van der Waals surface area contributed by atoms with Crippen LogP contribution in [-0.2, 0) is 19.9 Å². The second-order valence-electron chi connectivity index (χ2n) is 4.65. The Labute approximate surface area is 114 Å². The lowest BCUT2D eigenvalue weighted by Crippen LogP contribution is -1.95. The van der Waals surface area contributed by atoms with E-state index in [1.165, 1.54) is 30.5 Å². The zero-order valence-corrected chi connectivity index (χ0v) is 11.5. The Bertz CT molecular complexity index is 491. The average molecular weight is 263 g/mol. The van der Waals surface area contributed by atoms with Crippen molar-refractivity contribution < 1.29 is 0 Å². The van der Waals surface area contributed by atoms with Crippen molar-refractivity contribution >= 4 is 11.6 Å². The minimum Gasteiger partial charge on any atom is -0.338 e. The molecule has 0 amide bonds. The van der Waals surface area contributed by atoms with Gasteiger partial charge in [0.1, 0.15) is 0 Å². The summed E-state index contributed by atoms with van der Waals surface area (Å²) in [5.74, 6) is 0. The van der Waals surface area contributed by atoms with Crippen molar-refractivity contribution in [3.05, 3.63) is 53.1 Å². The van der Waals surface area contributed by atoms with E-state index < -0.39 is 0 Å². The number of aromatic nitrogens is 2. The highest BCUT2D eigenvalue weighted by atomic mass is 35.5. The van der Waals surface area contributed by atoms with Crippen molar-refractivity contribution in [3.8, 4) is 0 Å². The van der Waals surface area contributed by atoms with Crippen molar-refractivity contribution in [2.45, 2.75) is 32.1 Å². The summed E-state index contributed by atoms with van der Waals surface area (Å²) in [6, 6.07) is 8.11. The highest BCUT2D eigenvalue weighted by molar-refractivity contribution is 6.31. The first-order valence-electron chi connectivity index (χ1n) is 6.46. The molecular formula is C15H19ClN2. The molecule has 2 aromatic rings. The molecule has 0 aliphatic carbocycles. The number of rotatable bonds is 6. The molecule has 1 aromatic heterocycles. The van der Waals surface area contributed by atoms with Crippen LogP contribution in [0.2, 0.25) is 5.02 Å². The SMILES string of the molecule is Cn1cncc1CCCCCc1ccccc1Cl. The molecule has 96 valence electrons. The van der Waals surface area contributed by atoms with Crippen LogP contribution < -0.4 is 0 Å². The Morgan fingerprint density at radius 1 is 1.11 bits per heavy atom. The number of hydrogen-bond acceptors (Lipinski definition) is 1. The van der Waals surface area contributed by atoms with E-state index in [0.29, 0.717) is 0 Å². The van der Waals surface area contributed by atoms with Gasteiger partial charge in [-0.25, -0.2) is 4.98 Å². The van der Waals surface area contributed by atoms with Gasteiger partial charge in [-0.2, -0.15) is 0 Å². The maximum atomic E-state index is 6.13. The van der Waals surface area contributed by atoms with E-state index in [2.05, 4.69) is 21.7 Å². The molecular weight excluding hydrogens is 244 g/mol. The minimum absolute atomic E-state index is 0.893. The largest absolute Gasteiger partial charge is 0.338 e. The van der Waals surface area contributed by atoms with E-state index in [9.17, 15) is 0 Å². The van der Waals surface area contributed by atoms with Gasteiger partial charge in [-0.15, -0.1) is 0 Å². The smallest absolute Gasteiger partial charge is 0.0945 e. The molecule has 0 radical (unpaired) electrons. The molecule has 0 spiro atoms. The summed E-state index contributed by atoms with van der Waals surface area (Å²) in [5, 5.41) is 0.893. The van der Waals surface area contributed by atoms with Crippen LogP contribution in [0.25, 0.3) is 0 Å². The Kier molecular flexibility index (Phi) is 4.82.